The van der Waals surface area contributed by atoms with Gasteiger partial charge in [-0.1, -0.05) is 12.6 Å². The molecule has 23 heavy (non-hydrogen) atoms. The minimum atomic E-state index is -1.08. The summed E-state index contributed by atoms with van der Waals surface area (Å²) in [5.74, 6) is -0.478. The van der Waals surface area contributed by atoms with E-state index in [0.29, 0.717) is 22.3 Å². The average Bonchev–Trinajstić information content (AvgIpc) is 2.35. The third-order valence-electron chi connectivity index (χ3n) is 3.74. The van der Waals surface area contributed by atoms with Crippen LogP contribution in [0.5, 0.6) is 0 Å². The molecule has 0 fully saturated rings. The van der Waals surface area contributed by atoms with Crippen LogP contribution in [-0.2, 0) is 26.3 Å². The van der Waals surface area contributed by atoms with E-state index in [9.17, 15) is 15.0 Å². The fraction of sp³-hybridized carbons (Fsp3) is 0.526. The van der Waals surface area contributed by atoms with E-state index in [1.54, 1.807) is 66.7 Å². The van der Waals surface area contributed by atoms with Crippen molar-refractivity contribution in [2.24, 2.45) is 0 Å². The number of rotatable bonds is 5. The third kappa shape index (κ3) is 4.91. The second-order valence-corrected chi connectivity index (χ2v) is 7.60. The second-order valence-electron chi connectivity index (χ2n) is 7.60. The first kappa shape index (κ1) is 19.4. The van der Waals surface area contributed by atoms with Crippen molar-refractivity contribution in [2.45, 2.75) is 65.3 Å². The Morgan fingerprint density at radius 2 is 1.26 bits per heavy atom. The number of benzene rings is 1. The average molecular weight is 320 g/mol. The second kappa shape index (κ2) is 6.10. The molecule has 1 aromatic rings. The molecule has 2 N–H and O–H groups in total. The van der Waals surface area contributed by atoms with Crippen LogP contribution in [0.3, 0.4) is 0 Å². The lowest BCUT2D eigenvalue weighted by atomic mass is 9.85. The van der Waals surface area contributed by atoms with Gasteiger partial charge in [0, 0.05) is 5.57 Å². The number of hydrogen-bond acceptors (Lipinski definition) is 4. The lowest BCUT2D eigenvalue weighted by molar-refractivity contribution is -0.152. The topological polar surface area (TPSA) is 66.8 Å². The Bertz CT molecular complexity index is 581. The van der Waals surface area contributed by atoms with E-state index >= 15 is 0 Å². The largest absolute Gasteiger partial charge is 0.451 e. The van der Waals surface area contributed by atoms with Crippen molar-refractivity contribution in [1.29, 1.82) is 0 Å². The Morgan fingerprint density at radius 1 is 0.913 bits per heavy atom. The summed E-state index contributed by atoms with van der Waals surface area (Å²) in [6.45, 7) is 15.4. The normalized spacial score (nSPS) is 12.9. The zero-order valence-electron chi connectivity index (χ0n) is 15.2. The third-order valence-corrected chi connectivity index (χ3v) is 3.74. The van der Waals surface area contributed by atoms with E-state index in [2.05, 4.69) is 6.58 Å². The van der Waals surface area contributed by atoms with Crippen LogP contribution in [-0.4, -0.2) is 16.2 Å². The van der Waals surface area contributed by atoms with Crippen LogP contribution < -0.4 is 0 Å². The molecule has 0 amide bonds. The summed E-state index contributed by atoms with van der Waals surface area (Å²) in [6.07, 6.45) is 0. The zero-order valence-corrected chi connectivity index (χ0v) is 15.2. The van der Waals surface area contributed by atoms with Gasteiger partial charge in [-0.3, -0.25) is 0 Å². The van der Waals surface area contributed by atoms with Crippen LogP contribution in [0, 0.1) is 0 Å². The number of ether oxygens (including phenoxy) is 1. The first-order valence-electron chi connectivity index (χ1n) is 7.65. The molecule has 0 saturated carbocycles. The Balaban J connectivity index is 3.45. The molecule has 0 aliphatic heterocycles. The van der Waals surface area contributed by atoms with E-state index in [-0.39, 0.29) is 0 Å². The van der Waals surface area contributed by atoms with Gasteiger partial charge in [-0.25, -0.2) is 4.79 Å². The van der Waals surface area contributed by atoms with Gasteiger partial charge in [0.25, 0.3) is 0 Å². The van der Waals surface area contributed by atoms with Crippen LogP contribution in [0.15, 0.2) is 30.4 Å². The maximum atomic E-state index is 11.9. The molecule has 0 aliphatic rings. The van der Waals surface area contributed by atoms with Crippen molar-refractivity contribution in [1.82, 2.24) is 0 Å². The first-order valence-corrected chi connectivity index (χ1v) is 7.65. The highest BCUT2D eigenvalue weighted by Gasteiger charge is 2.30. The smallest absolute Gasteiger partial charge is 0.333 e. The molecule has 1 aromatic carbocycles. The minimum absolute atomic E-state index is 0.319. The van der Waals surface area contributed by atoms with Crippen molar-refractivity contribution in [3.05, 3.63) is 47.0 Å². The minimum Gasteiger partial charge on any atom is -0.451 e. The predicted molar refractivity (Wildman–Crippen MR) is 90.9 cm³/mol. The Labute approximate surface area is 138 Å². The summed E-state index contributed by atoms with van der Waals surface area (Å²) in [5, 5.41) is 20.7. The quantitative estimate of drug-likeness (QED) is 0.644. The van der Waals surface area contributed by atoms with Gasteiger partial charge in [0.15, 0.2) is 0 Å². The van der Waals surface area contributed by atoms with Crippen LogP contribution in [0.2, 0.25) is 0 Å². The fourth-order valence-corrected chi connectivity index (χ4v) is 2.06. The maximum absolute atomic E-state index is 11.9. The van der Waals surface area contributed by atoms with Crippen LogP contribution in [0.25, 0.3) is 0 Å². The molecular formula is C19H28O4. The highest BCUT2D eigenvalue weighted by Crippen LogP contribution is 2.34. The summed E-state index contributed by atoms with van der Waals surface area (Å²) < 4.78 is 5.52. The summed E-state index contributed by atoms with van der Waals surface area (Å²) in [6, 6.07) is 5.35. The summed E-state index contributed by atoms with van der Waals surface area (Å²) in [5.41, 5.74) is -0.770. The van der Waals surface area contributed by atoms with Gasteiger partial charge in [0.1, 0.15) is 5.60 Å². The Morgan fingerprint density at radius 3 is 1.57 bits per heavy atom. The van der Waals surface area contributed by atoms with Crippen LogP contribution >= 0.6 is 0 Å². The molecule has 4 heteroatoms. The van der Waals surface area contributed by atoms with E-state index in [1.165, 1.54) is 0 Å². The number of aliphatic hydroxyl groups is 2. The van der Waals surface area contributed by atoms with Crippen molar-refractivity contribution in [3.63, 3.8) is 0 Å². The van der Waals surface area contributed by atoms with Gasteiger partial charge in [0.2, 0.25) is 0 Å². The first-order chi connectivity index (χ1) is 10.1. The molecular weight excluding hydrogens is 292 g/mol. The Hall–Kier alpha value is -1.65. The highest BCUT2D eigenvalue weighted by molar-refractivity contribution is 5.87. The Kier molecular flexibility index (Phi) is 5.14. The van der Waals surface area contributed by atoms with Gasteiger partial charge < -0.3 is 14.9 Å². The predicted octanol–water partition coefficient (Wildman–Crippen LogP) is 3.50. The van der Waals surface area contributed by atoms with Gasteiger partial charge in [-0.15, -0.1) is 0 Å². The molecule has 0 bridgehead atoms. The van der Waals surface area contributed by atoms with Crippen molar-refractivity contribution in [3.8, 4) is 0 Å². The summed E-state index contributed by atoms with van der Waals surface area (Å²) >= 11 is 0. The van der Waals surface area contributed by atoms with Gasteiger partial charge in [0.05, 0.1) is 11.2 Å². The number of hydrogen-bond donors (Lipinski definition) is 2. The molecule has 0 unspecified atom stereocenters. The van der Waals surface area contributed by atoms with E-state index in [1.807, 2.05) is 0 Å². The molecule has 4 nitrogen and oxygen atoms in total. The van der Waals surface area contributed by atoms with E-state index in [4.69, 9.17) is 4.74 Å². The monoisotopic (exact) mass is 320 g/mol. The lowest BCUT2D eigenvalue weighted by Crippen LogP contribution is -2.28. The number of carbonyl (C=O) groups is 1. The van der Waals surface area contributed by atoms with Gasteiger partial charge in [-0.2, -0.15) is 0 Å². The van der Waals surface area contributed by atoms with Crippen molar-refractivity contribution < 1.29 is 19.7 Å². The van der Waals surface area contributed by atoms with Gasteiger partial charge in [-0.05, 0) is 77.3 Å². The van der Waals surface area contributed by atoms with Crippen molar-refractivity contribution in [2.75, 3.05) is 0 Å². The number of esters is 1. The van der Waals surface area contributed by atoms with E-state index < -0.39 is 22.8 Å². The molecule has 0 saturated heterocycles. The number of carbonyl (C=O) groups excluding carboxylic acids is 1. The maximum Gasteiger partial charge on any atom is 0.333 e. The fourth-order valence-electron chi connectivity index (χ4n) is 2.06. The SMILES string of the molecule is C=C(C)C(=O)OC(C)(C)c1cc(C(C)(C)O)cc(C(C)(C)O)c1. The van der Waals surface area contributed by atoms with Crippen LogP contribution in [0.4, 0.5) is 0 Å². The molecule has 0 radical (unpaired) electrons. The molecule has 0 aromatic heterocycles. The highest BCUT2D eigenvalue weighted by atomic mass is 16.6. The standard InChI is InChI=1S/C19H28O4/c1-12(2)16(20)23-19(7,8)15-10-13(17(3,4)21)9-14(11-15)18(5,6)22/h9-11,21-22H,1H2,2-8H3. The lowest BCUT2D eigenvalue weighted by Gasteiger charge is -2.30. The molecule has 0 atom stereocenters. The molecule has 0 heterocycles. The molecule has 128 valence electrons. The van der Waals surface area contributed by atoms with Gasteiger partial charge >= 0.3 is 5.97 Å². The van der Waals surface area contributed by atoms with Crippen LogP contribution in [0.1, 0.15) is 65.2 Å². The summed E-state index contributed by atoms with van der Waals surface area (Å²) in [7, 11) is 0. The van der Waals surface area contributed by atoms with E-state index in [0.717, 1.165) is 0 Å². The zero-order chi connectivity index (χ0) is 18.2. The van der Waals surface area contributed by atoms with Crippen molar-refractivity contribution >= 4 is 5.97 Å². The molecule has 0 spiro atoms. The molecule has 0 aliphatic carbocycles. The molecule has 1 rings (SSSR count). The summed E-state index contributed by atoms with van der Waals surface area (Å²) in [4.78, 5) is 11.9.